The summed E-state index contributed by atoms with van der Waals surface area (Å²) in [4.78, 5) is 0. The standard InChI is InChI=1S/C6H14.ClH.In.3H/c1-3-5-6-4-2;;;;;/h3-6H2,1-2H3;1H;;;;. The van der Waals surface area contributed by atoms with E-state index >= 15 is 0 Å². The Labute approximate surface area is 77.6 Å². The Morgan fingerprint density at radius 1 is 0.875 bits per heavy atom. The first-order valence-corrected chi connectivity index (χ1v) is 2.91. The maximum absolute atomic E-state index is 2.23. The van der Waals surface area contributed by atoms with Gasteiger partial charge in [-0.3, -0.25) is 0 Å². The Kier molecular flexibility index (Phi) is 31.6. The molecule has 0 N–H and O–H groups in total. The molecule has 0 rings (SSSR count). The summed E-state index contributed by atoms with van der Waals surface area (Å²) in [5.41, 5.74) is 0. The van der Waals surface area contributed by atoms with Crippen molar-refractivity contribution < 1.29 is 0 Å². The molecule has 0 atom stereocenters. The third kappa shape index (κ3) is 15.7. The van der Waals surface area contributed by atoms with Gasteiger partial charge < -0.3 is 0 Å². The second-order valence-corrected chi connectivity index (χ2v) is 1.71. The molecule has 0 heterocycles. The van der Waals surface area contributed by atoms with Crippen LogP contribution in [0.15, 0.2) is 0 Å². The molecule has 52 valence electrons. The van der Waals surface area contributed by atoms with E-state index in [0.29, 0.717) is 0 Å². The molecule has 0 unspecified atom stereocenters. The van der Waals surface area contributed by atoms with Crippen molar-refractivity contribution in [1.82, 2.24) is 0 Å². The molecule has 0 saturated carbocycles. The fraction of sp³-hybridized carbons (Fsp3) is 1.00. The molecular weight excluding hydrogens is 222 g/mol. The van der Waals surface area contributed by atoms with Gasteiger partial charge in [-0.1, -0.05) is 39.5 Å². The van der Waals surface area contributed by atoms with Crippen LogP contribution in [0, 0.1) is 0 Å². The molecule has 0 radical (unpaired) electrons. The minimum atomic E-state index is 0. The third-order valence-corrected chi connectivity index (χ3v) is 0.957. The number of hydrogen-bond acceptors (Lipinski definition) is 0. The van der Waals surface area contributed by atoms with Crippen molar-refractivity contribution in [3.8, 4) is 0 Å². The van der Waals surface area contributed by atoms with Crippen LogP contribution >= 0.6 is 12.4 Å². The summed E-state index contributed by atoms with van der Waals surface area (Å²) in [6.45, 7) is 4.46. The molecule has 0 aliphatic rings. The zero-order valence-electron chi connectivity index (χ0n) is 5.24. The van der Waals surface area contributed by atoms with Gasteiger partial charge in [0.15, 0.2) is 0 Å². The van der Waals surface area contributed by atoms with Crippen molar-refractivity contribution in [1.29, 1.82) is 0 Å². The second-order valence-electron chi connectivity index (χ2n) is 1.71. The molecule has 0 amide bonds. The van der Waals surface area contributed by atoms with Crippen LogP contribution in [0.2, 0.25) is 0 Å². The van der Waals surface area contributed by atoms with Gasteiger partial charge in [-0.05, 0) is 0 Å². The summed E-state index contributed by atoms with van der Waals surface area (Å²) in [7, 11) is 0. The van der Waals surface area contributed by atoms with E-state index in [-0.39, 0.29) is 38.3 Å². The molecule has 8 heavy (non-hydrogen) atoms. The summed E-state index contributed by atoms with van der Waals surface area (Å²) in [6, 6.07) is 0. The first-order chi connectivity index (χ1) is 2.91. The van der Waals surface area contributed by atoms with E-state index in [1.54, 1.807) is 0 Å². The van der Waals surface area contributed by atoms with Crippen LogP contribution in [0.5, 0.6) is 0 Å². The Bertz CT molecular complexity index is 20.5. The summed E-state index contributed by atoms with van der Waals surface area (Å²) in [5.74, 6) is 0. The molecule has 0 fully saturated rings. The van der Waals surface area contributed by atoms with E-state index in [0.717, 1.165) is 0 Å². The molecule has 0 bridgehead atoms. The van der Waals surface area contributed by atoms with E-state index in [2.05, 4.69) is 13.8 Å². The summed E-state index contributed by atoms with van der Waals surface area (Å²) >= 11 is 0. The van der Waals surface area contributed by atoms with Crippen molar-refractivity contribution >= 4 is 38.3 Å². The Balaban J connectivity index is -0.000000125. The van der Waals surface area contributed by atoms with Crippen LogP contribution in [0.4, 0.5) is 0 Å². The van der Waals surface area contributed by atoms with Gasteiger partial charge in [0.1, 0.15) is 0 Å². The quantitative estimate of drug-likeness (QED) is 0.660. The van der Waals surface area contributed by atoms with E-state index in [4.69, 9.17) is 0 Å². The molecule has 0 aliphatic carbocycles. The maximum atomic E-state index is 2.23. The summed E-state index contributed by atoms with van der Waals surface area (Å²) in [5, 5.41) is 0. The predicted molar refractivity (Wildman–Crippen MR) is 47.0 cm³/mol. The van der Waals surface area contributed by atoms with Crippen molar-refractivity contribution in [3.05, 3.63) is 0 Å². The number of unbranched alkanes of at least 4 members (excludes halogenated alkanes) is 3. The van der Waals surface area contributed by atoms with Crippen molar-refractivity contribution in [2.45, 2.75) is 39.5 Å². The normalized spacial score (nSPS) is 6.75. The predicted octanol–water partition coefficient (Wildman–Crippen LogP) is 1.82. The minimum absolute atomic E-state index is 0. The SMILES string of the molecule is CCCCCC.Cl.[InH3]. The van der Waals surface area contributed by atoms with Crippen LogP contribution in [0.25, 0.3) is 0 Å². The van der Waals surface area contributed by atoms with E-state index in [1.165, 1.54) is 25.7 Å². The van der Waals surface area contributed by atoms with Crippen LogP contribution in [0.1, 0.15) is 39.5 Å². The topological polar surface area (TPSA) is 0 Å². The van der Waals surface area contributed by atoms with E-state index in [1.807, 2.05) is 0 Å². The van der Waals surface area contributed by atoms with Gasteiger partial charge in [0.05, 0.1) is 0 Å². The third-order valence-electron chi connectivity index (χ3n) is 0.957. The van der Waals surface area contributed by atoms with E-state index < -0.39 is 0 Å². The first kappa shape index (κ1) is 16.1. The first-order valence-electron chi connectivity index (χ1n) is 2.91. The van der Waals surface area contributed by atoms with Gasteiger partial charge in [-0.2, -0.15) is 0 Å². The molecule has 2 heteroatoms. The van der Waals surface area contributed by atoms with Crippen LogP contribution in [-0.4, -0.2) is 25.8 Å². The van der Waals surface area contributed by atoms with Crippen LogP contribution in [-0.2, 0) is 0 Å². The summed E-state index contributed by atoms with van der Waals surface area (Å²) in [6.07, 6.45) is 5.54. The number of halogens is 1. The Hall–Kier alpha value is 1.16. The van der Waals surface area contributed by atoms with Gasteiger partial charge in [-0.25, -0.2) is 0 Å². The fourth-order valence-corrected chi connectivity index (χ4v) is 0.500. The average Bonchev–Trinajstić information content (AvgIpc) is 1.61. The zero-order chi connectivity index (χ0) is 4.83. The van der Waals surface area contributed by atoms with Gasteiger partial charge in [0.2, 0.25) is 0 Å². The van der Waals surface area contributed by atoms with Crippen molar-refractivity contribution in [3.63, 3.8) is 0 Å². The molecule has 0 aromatic heterocycles. The number of rotatable bonds is 3. The van der Waals surface area contributed by atoms with Crippen molar-refractivity contribution in [2.75, 3.05) is 0 Å². The molecule has 0 aromatic rings. The van der Waals surface area contributed by atoms with Gasteiger partial charge in [0, 0.05) is 0 Å². The Morgan fingerprint density at radius 2 is 1.12 bits per heavy atom. The van der Waals surface area contributed by atoms with Crippen LogP contribution in [0.3, 0.4) is 0 Å². The molecule has 0 aromatic carbocycles. The molecule has 0 aliphatic heterocycles. The monoisotopic (exact) mass is 240 g/mol. The average molecular weight is 240 g/mol. The van der Waals surface area contributed by atoms with Gasteiger partial charge in [0.25, 0.3) is 0 Å². The van der Waals surface area contributed by atoms with E-state index in [9.17, 15) is 0 Å². The Morgan fingerprint density at radius 3 is 1.25 bits per heavy atom. The number of hydrogen-bond donors (Lipinski definition) is 0. The second kappa shape index (κ2) is 15.7. The fourth-order valence-electron chi connectivity index (χ4n) is 0.500. The summed E-state index contributed by atoms with van der Waals surface area (Å²) < 4.78 is 0. The molecule has 0 nitrogen and oxygen atoms in total. The van der Waals surface area contributed by atoms with Crippen LogP contribution < -0.4 is 0 Å². The van der Waals surface area contributed by atoms with Gasteiger partial charge >= 0.3 is 25.8 Å². The molecule has 0 spiro atoms. The molecular formula is C6H18ClIn. The van der Waals surface area contributed by atoms with Crippen molar-refractivity contribution in [2.24, 2.45) is 0 Å². The van der Waals surface area contributed by atoms with Gasteiger partial charge in [-0.15, -0.1) is 12.4 Å². The molecule has 0 saturated heterocycles. The zero-order valence-corrected chi connectivity index (χ0v) is 6.05.